The fraction of sp³-hybridized carbons (Fsp3) is 0.222. The van der Waals surface area contributed by atoms with Gasteiger partial charge in [-0.3, -0.25) is 4.79 Å². The number of rotatable bonds is 5. The van der Waals surface area contributed by atoms with Gasteiger partial charge in [-0.1, -0.05) is 0 Å². The second-order valence-corrected chi connectivity index (χ2v) is 5.56. The number of aryl methyl sites for hydroxylation is 1. The molecule has 0 fully saturated rings. The van der Waals surface area contributed by atoms with E-state index in [0.29, 0.717) is 16.9 Å². The summed E-state index contributed by atoms with van der Waals surface area (Å²) in [5.41, 5.74) is 1.89. The summed E-state index contributed by atoms with van der Waals surface area (Å²) in [6.07, 6.45) is 2.67. The summed E-state index contributed by atoms with van der Waals surface area (Å²) in [5, 5.41) is 3.48. The molecule has 1 N–H and O–H groups in total. The van der Waals surface area contributed by atoms with Gasteiger partial charge in [0.2, 0.25) is 5.88 Å². The van der Waals surface area contributed by atoms with Crippen molar-refractivity contribution in [2.45, 2.75) is 13.5 Å². The number of carbonyl (C=O) groups excluding carboxylic acids is 2. The standard InChI is InChI=1S/C18H17N3O5/c1-10-4-11-6-12(26-15(11)13(5-10)18(23)25-3)7-20-16(22)14-8-19-9-21-17(14)24-2/h4-6,8-9H,7H2,1-3H3,(H,20,22). The molecule has 0 bridgehead atoms. The second-order valence-electron chi connectivity index (χ2n) is 5.56. The van der Waals surface area contributed by atoms with E-state index in [1.807, 2.05) is 13.0 Å². The Morgan fingerprint density at radius 2 is 2.00 bits per heavy atom. The van der Waals surface area contributed by atoms with Crippen LogP contribution in [-0.4, -0.2) is 36.1 Å². The van der Waals surface area contributed by atoms with Gasteiger partial charge in [0.05, 0.1) is 20.8 Å². The van der Waals surface area contributed by atoms with E-state index in [1.54, 1.807) is 12.1 Å². The minimum absolute atomic E-state index is 0.130. The molecule has 0 unspecified atom stereocenters. The van der Waals surface area contributed by atoms with Gasteiger partial charge in [-0.2, -0.15) is 0 Å². The van der Waals surface area contributed by atoms with Crippen LogP contribution in [0.5, 0.6) is 5.88 Å². The molecule has 2 aromatic heterocycles. The minimum Gasteiger partial charge on any atom is -0.480 e. The lowest BCUT2D eigenvalue weighted by Crippen LogP contribution is -2.23. The number of hydrogen-bond donors (Lipinski definition) is 1. The first kappa shape index (κ1) is 17.4. The number of benzene rings is 1. The highest BCUT2D eigenvalue weighted by Crippen LogP contribution is 2.26. The number of furan rings is 1. The van der Waals surface area contributed by atoms with Crippen molar-refractivity contribution in [3.05, 3.63) is 53.2 Å². The van der Waals surface area contributed by atoms with Crippen molar-refractivity contribution >= 4 is 22.8 Å². The highest BCUT2D eigenvalue weighted by molar-refractivity contribution is 6.02. The van der Waals surface area contributed by atoms with Gasteiger partial charge >= 0.3 is 5.97 Å². The molecular weight excluding hydrogens is 338 g/mol. The van der Waals surface area contributed by atoms with Crippen molar-refractivity contribution in [1.29, 1.82) is 0 Å². The number of carbonyl (C=O) groups is 2. The number of nitrogens with zero attached hydrogens (tertiary/aromatic N) is 2. The molecule has 3 rings (SSSR count). The Hall–Kier alpha value is -3.42. The topological polar surface area (TPSA) is 104 Å². The summed E-state index contributed by atoms with van der Waals surface area (Å²) in [7, 11) is 2.74. The highest BCUT2D eigenvalue weighted by atomic mass is 16.5. The molecule has 0 saturated heterocycles. The number of aromatic nitrogens is 2. The van der Waals surface area contributed by atoms with Gasteiger partial charge in [-0.25, -0.2) is 14.8 Å². The lowest BCUT2D eigenvalue weighted by molar-refractivity contribution is 0.0601. The van der Waals surface area contributed by atoms with E-state index >= 15 is 0 Å². The highest BCUT2D eigenvalue weighted by Gasteiger charge is 2.17. The van der Waals surface area contributed by atoms with Crippen LogP contribution in [0.3, 0.4) is 0 Å². The molecule has 0 aliphatic rings. The van der Waals surface area contributed by atoms with Crippen molar-refractivity contribution in [2.75, 3.05) is 14.2 Å². The van der Waals surface area contributed by atoms with E-state index in [4.69, 9.17) is 13.9 Å². The normalized spacial score (nSPS) is 10.6. The summed E-state index contributed by atoms with van der Waals surface area (Å²) in [5.74, 6) is -0.187. The van der Waals surface area contributed by atoms with Gasteiger partial charge in [0, 0.05) is 11.6 Å². The Bertz CT molecular complexity index is 980. The molecule has 0 saturated carbocycles. The first-order valence-corrected chi connectivity index (χ1v) is 7.77. The predicted octanol–water partition coefficient (Wildman–Crippen LogP) is 2.26. The van der Waals surface area contributed by atoms with Gasteiger partial charge in [0.25, 0.3) is 5.91 Å². The fourth-order valence-corrected chi connectivity index (χ4v) is 2.60. The average molecular weight is 355 g/mol. The summed E-state index contributed by atoms with van der Waals surface area (Å²) < 4.78 is 15.6. The Morgan fingerprint density at radius 3 is 2.73 bits per heavy atom. The Morgan fingerprint density at radius 1 is 1.19 bits per heavy atom. The van der Waals surface area contributed by atoms with Gasteiger partial charge in [0.15, 0.2) is 0 Å². The smallest absolute Gasteiger partial charge is 0.341 e. The van der Waals surface area contributed by atoms with Crippen LogP contribution in [-0.2, 0) is 11.3 Å². The van der Waals surface area contributed by atoms with E-state index in [9.17, 15) is 9.59 Å². The van der Waals surface area contributed by atoms with Crippen LogP contribution in [0.15, 0.2) is 35.1 Å². The third-order valence-electron chi connectivity index (χ3n) is 3.75. The van der Waals surface area contributed by atoms with E-state index in [1.165, 1.54) is 26.7 Å². The van der Waals surface area contributed by atoms with Crippen LogP contribution in [0, 0.1) is 6.92 Å². The molecule has 1 aromatic carbocycles. The van der Waals surface area contributed by atoms with Crippen LogP contribution in [0.4, 0.5) is 0 Å². The quantitative estimate of drug-likeness (QED) is 0.700. The molecule has 0 radical (unpaired) electrons. The average Bonchev–Trinajstić information content (AvgIpc) is 3.07. The molecule has 2 heterocycles. The van der Waals surface area contributed by atoms with E-state index in [0.717, 1.165) is 10.9 Å². The summed E-state index contributed by atoms with van der Waals surface area (Å²) >= 11 is 0. The number of esters is 1. The van der Waals surface area contributed by atoms with Crippen LogP contribution in [0.2, 0.25) is 0 Å². The van der Waals surface area contributed by atoms with E-state index < -0.39 is 11.9 Å². The Balaban J connectivity index is 1.83. The summed E-state index contributed by atoms with van der Waals surface area (Å²) in [4.78, 5) is 31.9. The number of amides is 1. The molecule has 0 atom stereocenters. The summed E-state index contributed by atoms with van der Waals surface area (Å²) in [6, 6.07) is 5.37. The lowest BCUT2D eigenvalue weighted by Gasteiger charge is -2.06. The fourth-order valence-electron chi connectivity index (χ4n) is 2.60. The molecule has 3 aromatic rings. The second kappa shape index (κ2) is 7.22. The number of methoxy groups -OCH3 is 2. The van der Waals surface area contributed by atoms with Crippen molar-refractivity contribution in [3.8, 4) is 5.88 Å². The Labute approximate surface area is 149 Å². The zero-order valence-corrected chi connectivity index (χ0v) is 14.5. The third kappa shape index (κ3) is 3.34. The maximum atomic E-state index is 12.3. The maximum Gasteiger partial charge on any atom is 0.341 e. The number of fused-ring (bicyclic) bond motifs is 1. The first-order chi connectivity index (χ1) is 12.5. The predicted molar refractivity (Wildman–Crippen MR) is 92.0 cm³/mol. The van der Waals surface area contributed by atoms with Crippen molar-refractivity contribution in [1.82, 2.24) is 15.3 Å². The van der Waals surface area contributed by atoms with Gasteiger partial charge in [0.1, 0.15) is 28.8 Å². The van der Waals surface area contributed by atoms with E-state index in [-0.39, 0.29) is 18.0 Å². The number of hydrogen-bond acceptors (Lipinski definition) is 7. The molecule has 0 aliphatic carbocycles. The van der Waals surface area contributed by atoms with Crippen molar-refractivity contribution < 1.29 is 23.5 Å². The van der Waals surface area contributed by atoms with Gasteiger partial charge in [-0.15, -0.1) is 0 Å². The zero-order valence-electron chi connectivity index (χ0n) is 14.5. The lowest BCUT2D eigenvalue weighted by atomic mass is 10.1. The van der Waals surface area contributed by atoms with Crippen LogP contribution >= 0.6 is 0 Å². The number of ether oxygens (including phenoxy) is 2. The number of nitrogens with one attached hydrogen (secondary N) is 1. The molecule has 8 heteroatoms. The summed E-state index contributed by atoms with van der Waals surface area (Å²) in [6.45, 7) is 2.01. The molecule has 26 heavy (non-hydrogen) atoms. The largest absolute Gasteiger partial charge is 0.480 e. The first-order valence-electron chi connectivity index (χ1n) is 7.77. The zero-order chi connectivity index (χ0) is 18.7. The minimum atomic E-state index is -0.477. The monoisotopic (exact) mass is 355 g/mol. The van der Waals surface area contributed by atoms with Crippen LogP contribution in [0.1, 0.15) is 32.0 Å². The van der Waals surface area contributed by atoms with Gasteiger partial charge in [-0.05, 0) is 30.7 Å². The maximum absolute atomic E-state index is 12.3. The SMILES string of the molecule is COC(=O)c1cc(C)cc2cc(CNC(=O)c3cncnc3OC)oc12. The molecule has 0 aliphatic heterocycles. The third-order valence-corrected chi connectivity index (χ3v) is 3.75. The molecule has 1 amide bonds. The van der Waals surface area contributed by atoms with Crippen LogP contribution in [0.25, 0.3) is 11.0 Å². The van der Waals surface area contributed by atoms with E-state index in [2.05, 4.69) is 15.3 Å². The van der Waals surface area contributed by atoms with Crippen molar-refractivity contribution in [2.24, 2.45) is 0 Å². The molecule has 134 valence electrons. The van der Waals surface area contributed by atoms with Crippen LogP contribution < -0.4 is 10.1 Å². The van der Waals surface area contributed by atoms with Crippen molar-refractivity contribution in [3.63, 3.8) is 0 Å². The van der Waals surface area contributed by atoms with Gasteiger partial charge < -0.3 is 19.2 Å². The molecule has 8 nitrogen and oxygen atoms in total. The molecule has 0 spiro atoms. The Kier molecular flexibility index (Phi) is 4.83. The molecular formula is C18H17N3O5.